The molecule has 38 heavy (non-hydrogen) atoms. The Morgan fingerprint density at radius 2 is 1.11 bits per heavy atom. The van der Waals surface area contributed by atoms with E-state index in [2.05, 4.69) is 41.5 Å². The van der Waals surface area contributed by atoms with Gasteiger partial charge in [0.1, 0.15) is 0 Å². The Morgan fingerprint density at radius 3 is 1.68 bits per heavy atom. The summed E-state index contributed by atoms with van der Waals surface area (Å²) in [6, 6.07) is 0. The van der Waals surface area contributed by atoms with Gasteiger partial charge in [-0.2, -0.15) is 0 Å². The van der Waals surface area contributed by atoms with E-state index in [4.69, 9.17) is 9.47 Å². The fraction of sp³-hybridized carbons (Fsp3) is 0.971. The number of hydrogen-bond acceptors (Lipinski definition) is 3. The maximum absolute atomic E-state index is 13.7. The summed E-state index contributed by atoms with van der Waals surface area (Å²) in [4.78, 5) is 13.7. The van der Waals surface area contributed by atoms with E-state index in [0.717, 1.165) is 64.4 Å². The van der Waals surface area contributed by atoms with Crippen LogP contribution in [0.4, 0.5) is 0 Å². The molecule has 0 amide bonds. The van der Waals surface area contributed by atoms with Gasteiger partial charge >= 0.3 is 5.97 Å². The molecule has 0 aromatic carbocycles. The summed E-state index contributed by atoms with van der Waals surface area (Å²) in [5.41, 5.74) is -0.357. The van der Waals surface area contributed by atoms with E-state index in [1.165, 1.54) is 89.9 Å². The highest BCUT2D eigenvalue weighted by atomic mass is 16.5. The van der Waals surface area contributed by atoms with E-state index in [1.54, 1.807) is 0 Å². The van der Waals surface area contributed by atoms with Crippen LogP contribution in [0.1, 0.15) is 189 Å². The molecular weight excluding hydrogens is 468 g/mol. The second kappa shape index (κ2) is 26.6. The number of carbonyl (C=O) groups is 1. The fourth-order valence-corrected chi connectivity index (χ4v) is 5.87. The van der Waals surface area contributed by atoms with Crippen molar-refractivity contribution in [2.75, 3.05) is 13.2 Å². The average molecular weight is 539 g/mol. The SMILES string of the molecule is CCCCCCCCOC(CCCCC)C(CC)CC(CC)(CCCCCCCC)C(=O)OCCCCC. The van der Waals surface area contributed by atoms with E-state index in [0.29, 0.717) is 12.5 Å². The van der Waals surface area contributed by atoms with Gasteiger partial charge in [0.25, 0.3) is 0 Å². The van der Waals surface area contributed by atoms with Crippen LogP contribution in [0.15, 0.2) is 0 Å². The van der Waals surface area contributed by atoms with Gasteiger partial charge in [-0.1, -0.05) is 151 Å². The first-order chi connectivity index (χ1) is 18.5. The van der Waals surface area contributed by atoms with Crippen molar-refractivity contribution in [1.29, 1.82) is 0 Å². The predicted molar refractivity (Wildman–Crippen MR) is 167 cm³/mol. The van der Waals surface area contributed by atoms with Crippen molar-refractivity contribution >= 4 is 5.97 Å². The number of carbonyl (C=O) groups excluding carboxylic acids is 1. The summed E-state index contributed by atoms with van der Waals surface area (Å²) in [5, 5.41) is 0. The van der Waals surface area contributed by atoms with Crippen molar-refractivity contribution in [3.05, 3.63) is 0 Å². The third-order valence-corrected chi connectivity index (χ3v) is 8.72. The monoisotopic (exact) mass is 539 g/mol. The average Bonchev–Trinajstić information content (AvgIpc) is 2.93. The van der Waals surface area contributed by atoms with Gasteiger partial charge in [0.05, 0.1) is 18.1 Å². The molecular formula is C35H70O3. The molecule has 0 N–H and O–H groups in total. The third-order valence-electron chi connectivity index (χ3n) is 8.72. The predicted octanol–water partition coefficient (Wildman–Crippen LogP) is 11.6. The van der Waals surface area contributed by atoms with Crippen LogP contribution < -0.4 is 0 Å². The molecule has 3 heteroatoms. The van der Waals surface area contributed by atoms with Gasteiger partial charge in [-0.05, 0) is 44.4 Å². The highest BCUT2D eigenvalue weighted by Crippen LogP contribution is 2.41. The number of ether oxygens (including phenoxy) is 2. The normalized spacial score (nSPS) is 14.8. The van der Waals surface area contributed by atoms with Gasteiger partial charge in [0.15, 0.2) is 0 Å². The Kier molecular flexibility index (Phi) is 26.2. The third kappa shape index (κ3) is 17.9. The smallest absolute Gasteiger partial charge is 0.312 e. The van der Waals surface area contributed by atoms with Crippen LogP contribution in [0.3, 0.4) is 0 Å². The molecule has 228 valence electrons. The Bertz CT molecular complexity index is 505. The molecule has 0 heterocycles. The number of hydrogen-bond donors (Lipinski definition) is 0. The molecule has 0 bridgehead atoms. The van der Waals surface area contributed by atoms with Crippen molar-refractivity contribution in [3.63, 3.8) is 0 Å². The summed E-state index contributed by atoms with van der Waals surface area (Å²) >= 11 is 0. The van der Waals surface area contributed by atoms with E-state index in [9.17, 15) is 4.79 Å². The van der Waals surface area contributed by atoms with E-state index in [-0.39, 0.29) is 17.5 Å². The molecule has 0 saturated heterocycles. The molecule has 0 aromatic heterocycles. The summed E-state index contributed by atoms with van der Waals surface area (Å²) in [7, 11) is 0. The Labute approximate surface area is 240 Å². The highest BCUT2D eigenvalue weighted by molar-refractivity contribution is 5.76. The molecule has 0 aromatic rings. The topological polar surface area (TPSA) is 35.5 Å². The number of esters is 1. The molecule has 0 saturated carbocycles. The van der Waals surface area contributed by atoms with Crippen molar-refractivity contribution in [2.45, 2.75) is 195 Å². The standard InChI is InChI=1S/C35H70O3/c1-7-13-17-19-21-24-28-35(12-6,34(36)38-30-25-16-10-4)31-32(11-5)33(27-23-15-9-3)37-29-26-22-20-18-14-8-2/h32-33H,7-31H2,1-6H3. The molecule has 3 atom stereocenters. The minimum atomic E-state index is -0.357. The molecule has 0 rings (SSSR count). The van der Waals surface area contributed by atoms with Crippen molar-refractivity contribution < 1.29 is 14.3 Å². The number of rotatable bonds is 29. The Hall–Kier alpha value is -0.570. The van der Waals surface area contributed by atoms with Crippen LogP contribution in [0, 0.1) is 11.3 Å². The quantitative estimate of drug-likeness (QED) is 0.0701. The van der Waals surface area contributed by atoms with Gasteiger partial charge in [0.2, 0.25) is 0 Å². The first kappa shape index (κ1) is 37.4. The van der Waals surface area contributed by atoms with Crippen LogP contribution in [-0.4, -0.2) is 25.3 Å². The first-order valence-electron chi connectivity index (χ1n) is 17.3. The maximum atomic E-state index is 13.7. The van der Waals surface area contributed by atoms with Gasteiger partial charge in [-0.3, -0.25) is 4.79 Å². The molecule has 0 fully saturated rings. The lowest BCUT2D eigenvalue weighted by Crippen LogP contribution is -2.38. The number of unbranched alkanes of at least 4 members (excludes halogenated alkanes) is 14. The Morgan fingerprint density at radius 1 is 0.605 bits per heavy atom. The lowest BCUT2D eigenvalue weighted by atomic mass is 9.71. The van der Waals surface area contributed by atoms with E-state index >= 15 is 0 Å². The molecule has 3 nitrogen and oxygen atoms in total. The van der Waals surface area contributed by atoms with E-state index in [1.807, 2.05) is 0 Å². The fourth-order valence-electron chi connectivity index (χ4n) is 5.87. The first-order valence-corrected chi connectivity index (χ1v) is 17.3. The van der Waals surface area contributed by atoms with Crippen LogP contribution in [0.2, 0.25) is 0 Å². The van der Waals surface area contributed by atoms with Crippen LogP contribution in [-0.2, 0) is 14.3 Å². The Balaban J connectivity index is 5.37. The highest BCUT2D eigenvalue weighted by Gasteiger charge is 2.41. The lowest BCUT2D eigenvalue weighted by molar-refractivity contribution is -0.159. The van der Waals surface area contributed by atoms with Crippen molar-refractivity contribution in [1.82, 2.24) is 0 Å². The molecule has 0 radical (unpaired) electrons. The zero-order valence-electron chi connectivity index (χ0n) is 27.1. The van der Waals surface area contributed by atoms with Gasteiger partial charge in [-0.25, -0.2) is 0 Å². The molecule has 0 aliphatic carbocycles. The summed E-state index contributed by atoms with van der Waals surface area (Å²) in [6.45, 7) is 15.0. The summed E-state index contributed by atoms with van der Waals surface area (Å²) in [6.07, 6.45) is 27.6. The maximum Gasteiger partial charge on any atom is 0.312 e. The van der Waals surface area contributed by atoms with Crippen LogP contribution in [0.25, 0.3) is 0 Å². The minimum Gasteiger partial charge on any atom is -0.465 e. The molecule has 0 aliphatic heterocycles. The summed E-state index contributed by atoms with van der Waals surface area (Å²) in [5.74, 6) is 0.501. The molecule has 3 unspecified atom stereocenters. The van der Waals surface area contributed by atoms with Crippen LogP contribution >= 0.6 is 0 Å². The van der Waals surface area contributed by atoms with Gasteiger partial charge < -0.3 is 9.47 Å². The van der Waals surface area contributed by atoms with Crippen LogP contribution in [0.5, 0.6) is 0 Å². The van der Waals surface area contributed by atoms with E-state index < -0.39 is 0 Å². The van der Waals surface area contributed by atoms with Gasteiger partial charge in [-0.15, -0.1) is 0 Å². The largest absolute Gasteiger partial charge is 0.465 e. The second-order valence-electron chi connectivity index (χ2n) is 12.0. The second-order valence-corrected chi connectivity index (χ2v) is 12.0. The zero-order chi connectivity index (χ0) is 28.3. The van der Waals surface area contributed by atoms with Crippen molar-refractivity contribution in [3.8, 4) is 0 Å². The molecule has 0 spiro atoms. The minimum absolute atomic E-state index is 0.0753. The summed E-state index contributed by atoms with van der Waals surface area (Å²) < 4.78 is 12.6. The zero-order valence-corrected chi connectivity index (χ0v) is 27.1. The van der Waals surface area contributed by atoms with Gasteiger partial charge in [0, 0.05) is 6.61 Å². The lowest BCUT2D eigenvalue weighted by Gasteiger charge is -2.37. The molecule has 0 aliphatic rings. The van der Waals surface area contributed by atoms with Crippen molar-refractivity contribution in [2.24, 2.45) is 11.3 Å².